The molecule has 0 spiro atoms. The van der Waals surface area contributed by atoms with E-state index in [0.717, 1.165) is 40.7 Å². The molecule has 0 fully saturated rings. The number of rotatable bonds is 1. The molecule has 0 unspecified atom stereocenters. The number of hydrogen-bond donors (Lipinski definition) is 0. The molecule has 1 heterocycles. The van der Waals surface area contributed by atoms with Crippen molar-refractivity contribution in [3.05, 3.63) is 63.1 Å². The largest absolute Gasteiger partial charge is 0.308 e. The second kappa shape index (κ2) is 5.64. The molecule has 3 rings (SSSR count). The minimum absolute atomic E-state index is 0.0930. The summed E-state index contributed by atoms with van der Waals surface area (Å²) in [4.78, 5) is 14.7. The second-order valence-electron chi connectivity index (χ2n) is 5.66. The lowest BCUT2D eigenvalue weighted by molar-refractivity contribution is 0.0985. The number of carbonyl (C=O) groups excluding carboxylic acids is 1. The Morgan fingerprint density at radius 2 is 1.95 bits per heavy atom. The lowest BCUT2D eigenvalue weighted by atomic mass is 9.98. The van der Waals surface area contributed by atoms with Crippen LogP contribution in [0.4, 0.5) is 5.69 Å². The van der Waals surface area contributed by atoms with Crippen LogP contribution in [-0.4, -0.2) is 12.5 Å². The van der Waals surface area contributed by atoms with Crippen molar-refractivity contribution in [1.29, 1.82) is 0 Å². The summed E-state index contributed by atoms with van der Waals surface area (Å²) in [5, 5.41) is 0. The fraction of sp³-hybridized carbons (Fsp3) is 0.278. The fourth-order valence-electron chi connectivity index (χ4n) is 2.87. The van der Waals surface area contributed by atoms with Crippen LogP contribution in [0.15, 0.2) is 40.9 Å². The number of amides is 1. The Bertz CT molecular complexity index is 708. The number of carbonyl (C=O) groups is 1. The molecule has 1 aliphatic heterocycles. The molecule has 21 heavy (non-hydrogen) atoms. The summed E-state index contributed by atoms with van der Waals surface area (Å²) in [5.74, 6) is 0.0930. The van der Waals surface area contributed by atoms with Gasteiger partial charge in [-0.05, 0) is 62.1 Å². The van der Waals surface area contributed by atoms with E-state index in [1.807, 2.05) is 30.0 Å². The van der Waals surface area contributed by atoms with E-state index in [-0.39, 0.29) is 5.91 Å². The number of halogens is 1. The topological polar surface area (TPSA) is 20.3 Å². The van der Waals surface area contributed by atoms with Crippen molar-refractivity contribution < 1.29 is 4.79 Å². The summed E-state index contributed by atoms with van der Waals surface area (Å²) in [6, 6.07) is 12.1. The number of benzene rings is 2. The van der Waals surface area contributed by atoms with E-state index in [0.29, 0.717) is 0 Å². The predicted octanol–water partition coefficient (Wildman–Crippen LogP) is 4.66. The van der Waals surface area contributed by atoms with Gasteiger partial charge in [0, 0.05) is 22.3 Å². The summed E-state index contributed by atoms with van der Waals surface area (Å²) in [6.45, 7) is 4.90. The third kappa shape index (κ3) is 2.75. The zero-order valence-electron chi connectivity index (χ0n) is 12.3. The van der Waals surface area contributed by atoms with Crippen molar-refractivity contribution in [2.75, 3.05) is 11.4 Å². The average Bonchev–Trinajstić information content (AvgIpc) is 2.48. The molecule has 3 heteroatoms. The number of anilines is 1. The zero-order valence-corrected chi connectivity index (χ0v) is 13.9. The van der Waals surface area contributed by atoms with E-state index in [1.54, 1.807) is 0 Å². The van der Waals surface area contributed by atoms with Crippen LogP contribution in [-0.2, 0) is 6.42 Å². The highest BCUT2D eigenvalue weighted by Crippen LogP contribution is 2.29. The first-order chi connectivity index (χ1) is 10.1. The third-order valence-electron chi connectivity index (χ3n) is 4.00. The van der Waals surface area contributed by atoms with E-state index in [2.05, 4.69) is 41.1 Å². The van der Waals surface area contributed by atoms with Crippen molar-refractivity contribution in [3.63, 3.8) is 0 Å². The van der Waals surface area contributed by atoms with Gasteiger partial charge in [-0.3, -0.25) is 4.79 Å². The summed E-state index contributed by atoms with van der Waals surface area (Å²) in [7, 11) is 0. The summed E-state index contributed by atoms with van der Waals surface area (Å²) in [5.41, 5.74) is 5.44. The molecule has 1 amide bonds. The standard InChI is InChI=1S/C18H18BrNO/c1-12-5-8-17-14(10-12)4-3-9-20(17)18(21)15-6-7-16(19)13(2)11-15/h5-8,10-11H,3-4,9H2,1-2H3. The lowest BCUT2D eigenvalue weighted by Gasteiger charge is -2.30. The van der Waals surface area contributed by atoms with Crippen molar-refractivity contribution in [2.24, 2.45) is 0 Å². The maximum absolute atomic E-state index is 12.8. The van der Waals surface area contributed by atoms with Gasteiger partial charge < -0.3 is 4.90 Å². The van der Waals surface area contributed by atoms with E-state index >= 15 is 0 Å². The molecule has 0 aliphatic carbocycles. The SMILES string of the molecule is Cc1ccc2c(c1)CCCN2C(=O)c1ccc(Br)c(C)c1. The van der Waals surface area contributed by atoms with Crippen molar-refractivity contribution >= 4 is 27.5 Å². The van der Waals surface area contributed by atoms with Crippen LogP contribution in [0.5, 0.6) is 0 Å². The van der Waals surface area contributed by atoms with Crippen LogP contribution >= 0.6 is 15.9 Å². The van der Waals surface area contributed by atoms with Crippen LogP contribution in [0.25, 0.3) is 0 Å². The molecule has 0 aromatic heterocycles. The number of fused-ring (bicyclic) bond motifs is 1. The Labute approximate surface area is 133 Å². The molecule has 1 aliphatic rings. The zero-order chi connectivity index (χ0) is 15.0. The van der Waals surface area contributed by atoms with E-state index in [4.69, 9.17) is 0 Å². The Morgan fingerprint density at radius 1 is 1.14 bits per heavy atom. The number of nitrogens with zero attached hydrogens (tertiary/aromatic N) is 1. The van der Waals surface area contributed by atoms with Gasteiger partial charge in [-0.15, -0.1) is 0 Å². The second-order valence-corrected chi connectivity index (χ2v) is 6.51. The first-order valence-corrected chi connectivity index (χ1v) is 8.03. The average molecular weight is 344 g/mol. The molecule has 0 saturated carbocycles. The van der Waals surface area contributed by atoms with Gasteiger partial charge >= 0.3 is 0 Å². The Hall–Kier alpha value is -1.61. The van der Waals surface area contributed by atoms with Crippen molar-refractivity contribution in [2.45, 2.75) is 26.7 Å². The molecule has 0 atom stereocenters. The van der Waals surface area contributed by atoms with Crippen molar-refractivity contribution in [1.82, 2.24) is 0 Å². The highest BCUT2D eigenvalue weighted by molar-refractivity contribution is 9.10. The highest BCUT2D eigenvalue weighted by Gasteiger charge is 2.23. The summed E-state index contributed by atoms with van der Waals surface area (Å²) < 4.78 is 1.04. The van der Waals surface area contributed by atoms with Crippen LogP contribution in [0.1, 0.15) is 33.5 Å². The maximum atomic E-state index is 12.8. The Balaban J connectivity index is 1.98. The molecule has 0 bridgehead atoms. The van der Waals surface area contributed by atoms with Crippen LogP contribution < -0.4 is 4.90 Å². The maximum Gasteiger partial charge on any atom is 0.258 e. The van der Waals surface area contributed by atoms with Crippen LogP contribution in [0, 0.1) is 13.8 Å². The van der Waals surface area contributed by atoms with Gasteiger partial charge in [-0.25, -0.2) is 0 Å². The van der Waals surface area contributed by atoms with E-state index in [1.165, 1.54) is 11.1 Å². The van der Waals surface area contributed by atoms with Crippen molar-refractivity contribution in [3.8, 4) is 0 Å². The van der Waals surface area contributed by atoms with Gasteiger partial charge in [-0.1, -0.05) is 33.6 Å². The summed E-state index contributed by atoms with van der Waals surface area (Å²) in [6.07, 6.45) is 2.08. The summed E-state index contributed by atoms with van der Waals surface area (Å²) >= 11 is 3.48. The van der Waals surface area contributed by atoms with Gasteiger partial charge in [-0.2, -0.15) is 0 Å². The molecule has 108 valence electrons. The first kappa shape index (κ1) is 14.3. The first-order valence-electron chi connectivity index (χ1n) is 7.24. The third-order valence-corrected chi connectivity index (χ3v) is 4.89. The van der Waals surface area contributed by atoms with Gasteiger partial charge in [0.2, 0.25) is 0 Å². The van der Waals surface area contributed by atoms with Gasteiger partial charge in [0.15, 0.2) is 0 Å². The number of hydrogen-bond acceptors (Lipinski definition) is 1. The normalized spacial score (nSPS) is 14.0. The van der Waals surface area contributed by atoms with Gasteiger partial charge in [0.05, 0.1) is 0 Å². The monoisotopic (exact) mass is 343 g/mol. The van der Waals surface area contributed by atoms with Gasteiger partial charge in [0.1, 0.15) is 0 Å². The highest BCUT2D eigenvalue weighted by atomic mass is 79.9. The quantitative estimate of drug-likeness (QED) is 0.737. The Kier molecular flexibility index (Phi) is 3.85. The minimum atomic E-state index is 0.0930. The molecular weight excluding hydrogens is 326 g/mol. The molecule has 0 saturated heterocycles. The fourth-order valence-corrected chi connectivity index (χ4v) is 3.12. The Morgan fingerprint density at radius 3 is 2.71 bits per heavy atom. The number of aryl methyl sites for hydroxylation is 3. The van der Waals surface area contributed by atoms with E-state index < -0.39 is 0 Å². The predicted molar refractivity (Wildman–Crippen MR) is 90.1 cm³/mol. The van der Waals surface area contributed by atoms with Gasteiger partial charge in [0.25, 0.3) is 5.91 Å². The van der Waals surface area contributed by atoms with Crippen LogP contribution in [0.2, 0.25) is 0 Å². The molecule has 2 aromatic carbocycles. The lowest BCUT2D eigenvalue weighted by Crippen LogP contribution is -2.35. The smallest absolute Gasteiger partial charge is 0.258 e. The molecular formula is C18H18BrNO. The van der Waals surface area contributed by atoms with E-state index in [9.17, 15) is 4.79 Å². The molecule has 2 aromatic rings. The molecule has 2 nitrogen and oxygen atoms in total. The molecule has 0 radical (unpaired) electrons. The van der Waals surface area contributed by atoms with Crippen LogP contribution in [0.3, 0.4) is 0 Å². The minimum Gasteiger partial charge on any atom is -0.308 e. The molecule has 0 N–H and O–H groups in total.